The third-order valence-corrected chi connectivity index (χ3v) is 6.63. The maximum Gasteiger partial charge on any atom is 0.182 e. The lowest BCUT2D eigenvalue weighted by Gasteiger charge is -2.42. The van der Waals surface area contributed by atoms with Gasteiger partial charge in [-0.15, -0.1) is 0 Å². The number of ketones is 1. The number of hydrogen-bond donors (Lipinski definition) is 0. The van der Waals surface area contributed by atoms with Crippen LogP contribution in [-0.2, 0) is 28.5 Å². The van der Waals surface area contributed by atoms with E-state index in [1.54, 1.807) is 34.3 Å². The first-order valence-electron chi connectivity index (χ1n) is 11.9. The van der Waals surface area contributed by atoms with Crippen molar-refractivity contribution in [2.24, 2.45) is 7.05 Å². The molecule has 37 heavy (non-hydrogen) atoms. The molecule has 0 spiro atoms. The molecule has 0 amide bonds. The third-order valence-electron chi connectivity index (χ3n) is 6.63. The summed E-state index contributed by atoms with van der Waals surface area (Å²) in [5.41, 5.74) is 1.03. The second kappa shape index (κ2) is 9.35. The number of nitrogens with zero attached hydrogens (tertiary/aromatic N) is 4. The van der Waals surface area contributed by atoms with Crippen molar-refractivity contribution in [3.8, 4) is 5.75 Å². The Balaban J connectivity index is 1.46. The Bertz CT molecular complexity index is 1450. The van der Waals surface area contributed by atoms with Crippen molar-refractivity contribution in [2.75, 3.05) is 13.2 Å². The zero-order valence-corrected chi connectivity index (χ0v) is 21.1. The van der Waals surface area contributed by atoms with Crippen molar-refractivity contribution < 1.29 is 27.8 Å². The highest BCUT2D eigenvalue weighted by molar-refractivity contribution is 5.97. The molecule has 10 heteroatoms. The number of imidazole rings is 1. The Labute approximate surface area is 212 Å². The molecule has 194 valence electrons. The molecule has 1 fully saturated rings. The molecule has 1 aliphatic rings. The van der Waals surface area contributed by atoms with E-state index in [1.807, 2.05) is 33.2 Å². The van der Waals surface area contributed by atoms with Crippen LogP contribution in [0.5, 0.6) is 5.75 Å². The first-order valence-corrected chi connectivity index (χ1v) is 11.9. The number of aryl methyl sites for hydroxylation is 2. The molecule has 0 atom stereocenters. The minimum absolute atomic E-state index is 0.0836. The summed E-state index contributed by atoms with van der Waals surface area (Å²) in [6.07, 6.45) is 3.62. The van der Waals surface area contributed by atoms with Gasteiger partial charge >= 0.3 is 0 Å². The van der Waals surface area contributed by atoms with E-state index < -0.39 is 22.8 Å². The molecule has 0 N–H and O–H groups in total. The third kappa shape index (κ3) is 4.74. The summed E-state index contributed by atoms with van der Waals surface area (Å²) < 4.78 is 49.2. The van der Waals surface area contributed by atoms with Gasteiger partial charge in [-0.25, -0.2) is 13.8 Å². The Morgan fingerprint density at radius 3 is 2.43 bits per heavy atom. The van der Waals surface area contributed by atoms with Gasteiger partial charge in [-0.2, -0.15) is 5.10 Å². The molecule has 0 radical (unpaired) electrons. The number of carbonyl (C=O) groups is 1. The molecule has 0 unspecified atom stereocenters. The summed E-state index contributed by atoms with van der Waals surface area (Å²) in [7, 11) is 1.82. The summed E-state index contributed by atoms with van der Waals surface area (Å²) in [4.78, 5) is 18.3. The van der Waals surface area contributed by atoms with Gasteiger partial charge in [0, 0.05) is 25.9 Å². The minimum Gasteiger partial charge on any atom is -0.485 e. The van der Waals surface area contributed by atoms with E-state index in [4.69, 9.17) is 14.2 Å². The standard InChI is InChI=1S/C27H28F2N4O4/c1-17-24(21(34)13-27(23-10-12-32(4)31-23)15-36-26(2,3)37-16-27)33-11-6-9-22(25(33)30-17)35-14-18-19(28)7-5-8-20(18)29/h5-12H,13-16H2,1-4H3. The van der Waals surface area contributed by atoms with Gasteiger partial charge in [0.2, 0.25) is 0 Å². The number of pyridine rings is 1. The predicted molar refractivity (Wildman–Crippen MR) is 130 cm³/mol. The van der Waals surface area contributed by atoms with Gasteiger partial charge in [0.15, 0.2) is 23.0 Å². The molecular weight excluding hydrogens is 482 g/mol. The van der Waals surface area contributed by atoms with Crippen molar-refractivity contribution in [1.82, 2.24) is 19.2 Å². The van der Waals surface area contributed by atoms with E-state index in [0.29, 0.717) is 28.5 Å². The second-order valence-electron chi connectivity index (χ2n) is 9.83. The van der Waals surface area contributed by atoms with Crippen LogP contribution >= 0.6 is 0 Å². The fourth-order valence-corrected chi connectivity index (χ4v) is 4.56. The number of fused-ring (bicyclic) bond motifs is 1. The maximum atomic E-state index is 14.1. The Hall–Kier alpha value is -3.63. The highest BCUT2D eigenvalue weighted by atomic mass is 19.1. The summed E-state index contributed by atoms with van der Waals surface area (Å²) in [5, 5.41) is 4.56. The number of Topliss-reactive ketones (excluding diaryl/α,β-unsaturated/α-hetero) is 1. The first kappa shape index (κ1) is 25.0. The zero-order valence-electron chi connectivity index (χ0n) is 21.1. The Kier molecular flexibility index (Phi) is 6.33. The molecule has 0 aliphatic carbocycles. The molecule has 3 aromatic heterocycles. The molecule has 0 bridgehead atoms. The van der Waals surface area contributed by atoms with Gasteiger partial charge in [0.05, 0.1) is 35.6 Å². The van der Waals surface area contributed by atoms with Crippen molar-refractivity contribution in [2.45, 2.75) is 45.0 Å². The normalized spacial score (nSPS) is 16.7. The molecule has 1 saturated heterocycles. The largest absolute Gasteiger partial charge is 0.485 e. The van der Waals surface area contributed by atoms with Gasteiger partial charge < -0.3 is 14.2 Å². The predicted octanol–water partition coefficient (Wildman–Crippen LogP) is 4.53. The Morgan fingerprint density at radius 2 is 1.78 bits per heavy atom. The van der Waals surface area contributed by atoms with Gasteiger partial charge in [0.1, 0.15) is 23.9 Å². The smallest absolute Gasteiger partial charge is 0.182 e. The van der Waals surface area contributed by atoms with Crippen LogP contribution in [0.15, 0.2) is 48.8 Å². The zero-order chi connectivity index (χ0) is 26.4. The molecule has 4 heterocycles. The van der Waals surface area contributed by atoms with E-state index in [2.05, 4.69) is 10.1 Å². The van der Waals surface area contributed by atoms with E-state index in [-0.39, 0.29) is 37.6 Å². The number of hydrogen-bond acceptors (Lipinski definition) is 6. The van der Waals surface area contributed by atoms with Crippen LogP contribution in [0.2, 0.25) is 0 Å². The van der Waals surface area contributed by atoms with Crippen molar-refractivity contribution in [3.63, 3.8) is 0 Å². The van der Waals surface area contributed by atoms with Crippen LogP contribution in [0.3, 0.4) is 0 Å². The van der Waals surface area contributed by atoms with Crippen LogP contribution in [0, 0.1) is 18.6 Å². The molecule has 4 aromatic rings. The molecular formula is C27H28F2N4O4. The van der Waals surface area contributed by atoms with E-state index in [0.717, 1.165) is 0 Å². The number of aromatic nitrogens is 4. The van der Waals surface area contributed by atoms with Crippen molar-refractivity contribution in [1.29, 1.82) is 0 Å². The summed E-state index contributed by atoms with van der Waals surface area (Å²) in [6, 6.07) is 8.86. The number of benzene rings is 1. The molecule has 8 nitrogen and oxygen atoms in total. The maximum absolute atomic E-state index is 14.1. The van der Waals surface area contributed by atoms with E-state index in [1.165, 1.54) is 18.2 Å². The van der Waals surface area contributed by atoms with Crippen LogP contribution in [0.4, 0.5) is 8.78 Å². The van der Waals surface area contributed by atoms with E-state index in [9.17, 15) is 13.6 Å². The van der Waals surface area contributed by atoms with Crippen LogP contribution < -0.4 is 4.74 Å². The summed E-state index contributed by atoms with van der Waals surface area (Å²) in [5.74, 6) is -2.01. The number of ether oxygens (including phenoxy) is 3. The average Bonchev–Trinajstić information content (AvgIpc) is 3.43. The average molecular weight is 511 g/mol. The number of halogens is 2. The highest BCUT2D eigenvalue weighted by Crippen LogP contribution is 2.37. The van der Waals surface area contributed by atoms with Gasteiger partial charge in [0.25, 0.3) is 0 Å². The SMILES string of the molecule is Cc1nc2c(OCc3c(F)cccc3F)cccn2c1C(=O)CC1(c2ccn(C)n2)COC(C)(C)OC1. The van der Waals surface area contributed by atoms with Gasteiger partial charge in [-0.1, -0.05) is 6.07 Å². The van der Waals surface area contributed by atoms with Gasteiger partial charge in [-0.3, -0.25) is 13.9 Å². The summed E-state index contributed by atoms with van der Waals surface area (Å²) in [6.45, 7) is 5.62. The molecule has 0 saturated carbocycles. The van der Waals surface area contributed by atoms with Crippen LogP contribution in [0.1, 0.15) is 47.7 Å². The quantitative estimate of drug-likeness (QED) is 0.340. The van der Waals surface area contributed by atoms with Crippen LogP contribution in [0.25, 0.3) is 5.65 Å². The number of carbonyl (C=O) groups excluding carboxylic acids is 1. The topological polar surface area (TPSA) is 79.9 Å². The van der Waals surface area contributed by atoms with E-state index >= 15 is 0 Å². The number of rotatable bonds is 7. The Morgan fingerprint density at radius 1 is 1.08 bits per heavy atom. The molecule has 1 aliphatic heterocycles. The monoisotopic (exact) mass is 510 g/mol. The lowest BCUT2D eigenvalue weighted by atomic mass is 9.79. The highest BCUT2D eigenvalue weighted by Gasteiger charge is 2.45. The first-order chi connectivity index (χ1) is 17.6. The van der Waals surface area contributed by atoms with Crippen molar-refractivity contribution in [3.05, 3.63) is 83.1 Å². The van der Waals surface area contributed by atoms with Gasteiger partial charge in [-0.05, 0) is 51.1 Å². The second-order valence-corrected chi connectivity index (χ2v) is 9.83. The fourth-order valence-electron chi connectivity index (χ4n) is 4.56. The lowest BCUT2D eigenvalue weighted by Crippen LogP contribution is -2.50. The van der Waals surface area contributed by atoms with Crippen molar-refractivity contribution >= 4 is 11.4 Å². The molecule has 5 rings (SSSR count). The minimum atomic E-state index is -0.777. The lowest BCUT2D eigenvalue weighted by molar-refractivity contribution is -0.269. The summed E-state index contributed by atoms with van der Waals surface area (Å²) >= 11 is 0. The van der Waals surface area contributed by atoms with Crippen LogP contribution in [-0.4, -0.2) is 43.9 Å². The fraction of sp³-hybridized carbons (Fsp3) is 0.370. The molecule has 1 aromatic carbocycles.